The Morgan fingerprint density at radius 2 is 2.11 bits per heavy atom. The predicted molar refractivity (Wildman–Crippen MR) is 108 cm³/mol. The summed E-state index contributed by atoms with van der Waals surface area (Å²) in [5.74, 6) is 1.25. The van der Waals surface area contributed by atoms with E-state index in [1.54, 1.807) is 13.3 Å². The van der Waals surface area contributed by atoms with Crippen LogP contribution >= 0.6 is 11.6 Å². The van der Waals surface area contributed by atoms with Gasteiger partial charge in [0.15, 0.2) is 0 Å². The topological polar surface area (TPSA) is 123 Å². The summed E-state index contributed by atoms with van der Waals surface area (Å²) in [6.07, 6.45) is 2.88. The molecular weight excluding hydrogens is 404 g/mol. The zero-order valence-corrected chi connectivity index (χ0v) is 17.7. The summed E-state index contributed by atoms with van der Waals surface area (Å²) in [6.45, 7) is 5.05. The average molecular weight is 427 g/mol. The molecule has 0 saturated carbocycles. The Kier molecular flexibility index (Phi) is 5.64. The molecule has 0 bridgehead atoms. The maximum atomic E-state index is 11.5. The second-order valence-corrected chi connectivity index (χ2v) is 9.05. The number of methoxy groups -OCH3 is 1. The van der Waals surface area contributed by atoms with E-state index in [2.05, 4.69) is 19.7 Å². The highest BCUT2D eigenvalue weighted by molar-refractivity contribution is 7.88. The number of nitrogens with two attached hydrogens (primary N) is 1. The number of sulfonamides is 1. The number of aryl methyl sites for hydroxylation is 1. The van der Waals surface area contributed by atoms with Gasteiger partial charge in [-0.3, -0.25) is 4.98 Å². The fourth-order valence-corrected chi connectivity index (χ4v) is 4.28. The molecule has 1 unspecified atom stereocenters. The lowest BCUT2D eigenvalue weighted by Crippen LogP contribution is -2.30. The number of hydrogen-bond donors (Lipinski definition) is 2. The molecule has 0 fully saturated rings. The maximum Gasteiger partial charge on any atom is 0.223 e. The lowest BCUT2D eigenvalue weighted by Gasteiger charge is -2.21. The Morgan fingerprint density at radius 1 is 1.39 bits per heavy atom. The third-order valence-electron chi connectivity index (χ3n) is 4.73. The van der Waals surface area contributed by atoms with Crippen LogP contribution in [0.25, 0.3) is 0 Å². The Balaban J connectivity index is 1.96. The number of nitrogens with one attached hydrogen (secondary N) is 1. The van der Waals surface area contributed by atoms with Gasteiger partial charge in [-0.1, -0.05) is 11.6 Å². The molecule has 0 radical (unpaired) electrons. The second kappa shape index (κ2) is 7.69. The summed E-state index contributed by atoms with van der Waals surface area (Å²) in [5.41, 5.74) is 9.20. The van der Waals surface area contributed by atoms with Crippen LogP contribution in [0.2, 0.25) is 5.15 Å². The first-order chi connectivity index (χ1) is 13.1. The molecule has 0 aromatic carbocycles. The fourth-order valence-electron chi connectivity index (χ4n) is 3.45. The maximum absolute atomic E-state index is 11.5. The van der Waals surface area contributed by atoms with E-state index in [1.807, 2.05) is 18.7 Å². The number of fused-ring (bicyclic) bond motifs is 1. The first-order valence-corrected chi connectivity index (χ1v) is 10.9. The van der Waals surface area contributed by atoms with E-state index in [-0.39, 0.29) is 23.6 Å². The molecule has 9 nitrogen and oxygen atoms in total. The molecule has 0 saturated heterocycles. The van der Waals surface area contributed by atoms with Crippen LogP contribution < -0.4 is 20.1 Å². The summed E-state index contributed by atoms with van der Waals surface area (Å²) in [6, 6.07) is 0. The third-order valence-corrected chi connectivity index (χ3v) is 5.71. The van der Waals surface area contributed by atoms with Crippen molar-refractivity contribution in [2.24, 2.45) is 0 Å². The lowest BCUT2D eigenvalue weighted by atomic mass is 10.1. The number of aromatic nitrogens is 3. The number of hydrogen-bond acceptors (Lipinski definition) is 8. The Bertz CT molecular complexity index is 1010. The largest absolute Gasteiger partial charge is 0.496 e. The smallest absolute Gasteiger partial charge is 0.223 e. The van der Waals surface area contributed by atoms with Crippen LogP contribution in [0.5, 0.6) is 5.75 Å². The summed E-state index contributed by atoms with van der Waals surface area (Å²) in [4.78, 5) is 14.9. The van der Waals surface area contributed by atoms with Gasteiger partial charge in [-0.05, 0) is 13.8 Å². The van der Waals surface area contributed by atoms with Crippen molar-refractivity contribution in [3.05, 3.63) is 33.7 Å². The minimum Gasteiger partial charge on any atom is -0.496 e. The first-order valence-electron chi connectivity index (χ1n) is 8.62. The van der Waals surface area contributed by atoms with Crippen molar-refractivity contribution in [1.29, 1.82) is 0 Å². The average Bonchev–Trinajstić information content (AvgIpc) is 2.93. The van der Waals surface area contributed by atoms with Gasteiger partial charge >= 0.3 is 0 Å². The molecule has 2 aromatic heterocycles. The van der Waals surface area contributed by atoms with Crippen LogP contribution in [-0.4, -0.2) is 49.8 Å². The van der Waals surface area contributed by atoms with E-state index in [1.165, 1.54) is 0 Å². The van der Waals surface area contributed by atoms with Crippen molar-refractivity contribution in [1.82, 2.24) is 19.7 Å². The molecule has 3 rings (SSSR count). The number of nitrogens with zero attached hydrogens (tertiary/aromatic N) is 4. The van der Waals surface area contributed by atoms with E-state index in [4.69, 9.17) is 22.1 Å². The van der Waals surface area contributed by atoms with Crippen molar-refractivity contribution in [3.8, 4) is 5.75 Å². The van der Waals surface area contributed by atoms with Crippen LogP contribution in [0.4, 0.5) is 11.8 Å². The van der Waals surface area contributed by atoms with E-state index in [9.17, 15) is 8.42 Å². The molecule has 152 valence electrons. The van der Waals surface area contributed by atoms with Crippen molar-refractivity contribution < 1.29 is 13.2 Å². The molecule has 28 heavy (non-hydrogen) atoms. The van der Waals surface area contributed by atoms with Crippen LogP contribution in [0, 0.1) is 13.8 Å². The molecule has 1 aliphatic rings. The Morgan fingerprint density at radius 3 is 2.75 bits per heavy atom. The van der Waals surface area contributed by atoms with Crippen LogP contribution in [-0.2, 0) is 16.6 Å². The van der Waals surface area contributed by atoms with E-state index in [0.717, 1.165) is 28.8 Å². The number of rotatable bonds is 6. The van der Waals surface area contributed by atoms with Crippen molar-refractivity contribution in [2.45, 2.75) is 26.3 Å². The molecule has 0 aliphatic carbocycles. The molecule has 0 amide bonds. The van der Waals surface area contributed by atoms with E-state index in [0.29, 0.717) is 24.5 Å². The molecule has 1 atom stereocenters. The molecule has 11 heteroatoms. The summed E-state index contributed by atoms with van der Waals surface area (Å²) in [5, 5.41) is 0.233. The third kappa shape index (κ3) is 4.13. The highest BCUT2D eigenvalue weighted by atomic mass is 35.5. The molecule has 0 spiro atoms. The quantitative estimate of drug-likeness (QED) is 0.664. The normalized spacial score (nSPS) is 16.3. The zero-order valence-electron chi connectivity index (χ0n) is 16.2. The fraction of sp³-hybridized carbons (Fsp3) is 0.471. The number of anilines is 2. The van der Waals surface area contributed by atoms with Gasteiger partial charge < -0.3 is 15.4 Å². The minimum atomic E-state index is -3.34. The SMILES string of the molecule is COc1c(C)cnc(CN2CC(CNS(C)(=O)=O)c3c(Cl)nc(N)nc32)c1C. The van der Waals surface area contributed by atoms with Gasteiger partial charge in [0, 0.05) is 41.9 Å². The van der Waals surface area contributed by atoms with Crippen LogP contribution in [0.3, 0.4) is 0 Å². The lowest BCUT2D eigenvalue weighted by molar-refractivity contribution is 0.406. The number of pyridine rings is 1. The molecule has 3 N–H and O–H groups in total. The van der Waals surface area contributed by atoms with E-state index < -0.39 is 10.0 Å². The minimum absolute atomic E-state index is 0.0663. The van der Waals surface area contributed by atoms with Crippen molar-refractivity contribution in [2.75, 3.05) is 37.1 Å². The van der Waals surface area contributed by atoms with Crippen LogP contribution in [0.15, 0.2) is 6.20 Å². The summed E-state index contributed by atoms with van der Waals surface area (Å²) >= 11 is 6.32. The molecular formula is C17H23ClN6O3S. The number of nitrogen functional groups attached to an aromatic ring is 1. The Hall–Kier alpha value is -2.17. The summed E-state index contributed by atoms with van der Waals surface area (Å²) < 4.78 is 31.1. The molecule has 3 heterocycles. The summed E-state index contributed by atoms with van der Waals surface area (Å²) in [7, 11) is -1.71. The van der Waals surface area contributed by atoms with Crippen molar-refractivity contribution >= 4 is 33.4 Å². The predicted octanol–water partition coefficient (Wildman–Crippen LogP) is 1.39. The molecule has 2 aromatic rings. The highest BCUT2D eigenvalue weighted by Gasteiger charge is 2.34. The van der Waals surface area contributed by atoms with Gasteiger partial charge in [-0.2, -0.15) is 4.98 Å². The monoisotopic (exact) mass is 426 g/mol. The Labute approximate surface area is 169 Å². The van der Waals surface area contributed by atoms with Gasteiger partial charge in [0.1, 0.15) is 16.7 Å². The van der Waals surface area contributed by atoms with Gasteiger partial charge in [0.05, 0.1) is 25.6 Å². The highest BCUT2D eigenvalue weighted by Crippen LogP contribution is 2.40. The van der Waals surface area contributed by atoms with Gasteiger partial charge in [0.2, 0.25) is 16.0 Å². The first kappa shape index (κ1) is 20.6. The van der Waals surface area contributed by atoms with Gasteiger partial charge in [-0.15, -0.1) is 0 Å². The number of halogens is 1. The molecule has 1 aliphatic heterocycles. The van der Waals surface area contributed by atoms with Crippen LogP contribution in [0.1, 0.15) is 28.3 Å². The second-order valence-electron chi connectivity index (χ2n) is 6.85. The van der Waals surface area contributed by atoms with E-state index >= 15 is 0 Å². The van der Waals surface area contributed by atoms with Gasteiger partial charge in [0.25, 0.3) is 0 Å². The van der Waals surface area contributed by atoms with Crippen molar-refractivity contribution in [3.63, 3.8) is 0 Å². The standard InChI is InChI=1S/C17H23ClN6O3S/c1-9-5-20-12(10(2)14(9)27-3)8-24-7-11(6-21-28(4,25)26)13-15(18)22-17(19)23-16(13)24/h5,11,21H,6-8H2,1-4H3,(H2,19,22,23). The number of ether oxygens (including phenoxy) is 1. The zero-order chi connectivity index (χ0) is 20.6. The van der Waals surface area contributed by atoms with Gasteiger partial charge in [-0.25, -0.2) is 18.1 Å².